The summed E-state index contributed by atoms with van der Waals surface area (Å²) in [5, 5.41) is 2.86. The van der Waals surface area contributed by atoms with Gasteiger partial charge in [0.2, 0.25) is 11.8 Å². The number of nitrogens with one attached hydrogen (secondary N) is 1. The van der Waals surface area contributed by atoms with Crippen molar-refractivity contribution in [2.24, 2.45) is 11.8 Å². The van der Waals surface area contributed by atoms with Gasteiger partial charge in [-0.3, -0.25) is 14.5 Å². The molecule has 0 aromatic heterocycles. The van der Waals surface area contributed by atoms with Crippen molar-refractivity contribution >= 4 is 23.5 Å². The van der Waals surface area contributed by atoms with Crippen LogP contribution in [0.3, 0.4) is 0 Å². The zero-order valence-electron chi connectivity index (χ0n) is 14.1. The molecule has 1 N–H and O–H groups in total. The molecule has 25 heavy (non-hydrogen) atoms. The first-order valence-electron chi connectivity index (χ1n) is 8.69. The number of urea groups is 1. The number of aryl methyl sites for hydroxylation is 1. The average molecular weight is 339 g/mol. The van der Waals surface area contributed by atoms with Gasteiger partial charge in [-0.15, -0.1) is 0 Å². The van der Waals surface area contributed by atoms with E-state index in [1.54, 1.807) is 4.90 Å². The maximum Gasteiger partial charge on any atom is 0.321 e. The molecule has 0 saturated carbocycles. The van der Waals surface area contributed by atoms with Crippen LogP contribution in [0.2, 0.25) is 0 Å². The maximum atomic E-state index is 12.5. The lowest BCUT2D eigenvalue weighted by molar-refractivity contribution is -0.145. The number of rotatable bonds is 2. The van der Waals surface area contributed by atoms with Crippen LogP contribution in [0, 0.1) is 18.8 Å². The minimum absolute atomic E-state index is 0.0666. The van der Waals surface area contributed by atoms with Crippen molar-refractivity contribution in [2.45, 2.75) is 25.8 Å². The summed E-state index contributed by atoms with van der Waals surface area (Å²) in [6.45, 7) is 2.78. The molecule has 6 nitrogen and oxygen atoms in total. The van der Waals surface area contributed by atoms with Crippen molar-refractivity contribution in [3.05, 3.63) is 42.0 Å². The minimum Gasteiger partial charge on any atom is -0.320 e. The molecule has 0 bridgehead atoms. The summed E-state index contributed by atoms with van der Waals surface area (Å²) in [5.41, 5.74) is 1.82. The summed E-state index contributed by atoms with van der Waals surface area (Å²) < 4.78 is 0. The van der Waals surface area contributed by atoms with E-state index in [-0.39, 0.29) is 35.7 Å². The Balaban J connectivity index is 1.36. The summed E-state index contributed by atoms with van der Waals surface area (Å²) >= 11 is 0. The Hall–Kier alpha value is -2.63. The number of nitrogens with zero attached hydrogens (tertiary/aromatic N) is 2. The smallest absolute Gasteiger partial charge is 0.320 e. The minimum atomic E-state index is -0.201. The molecule has 0 radical (unpaired) electrons. The van der Waals surface area contributed by atoms with Gasteiger partial charge in [0.05, 0.1) is 17.9 Å². The molecule has 6 heteroatoms. The van der Waals surface area contributed by atoms with Crippen molar-refractivity contribution in [1.29, 1.82) is 0 Å². The number of carbonyl (C=O) groups is 3. The van der Waals surface area contributed by atoms with Crippen molar-refractivity contribution in [3.8, 4) is 0 Å². The van der Waals surface area contributed by atoms with Gasteiger partial charge >= 0.3 is 6.03 Å². The second kappa shape index (κ2) is 6.02. The Morgan fingerprint density at radius 1 is 1.08 bits per heavy atom. The molecular weight excluding hydrogens is 318 g/mol. The maximum absolute atomic E-state index is 12.5. The fourth-order valence-electron chi connectivity index (χ4n) is 3.90. The first-order chi connectivity index (χ1) is 12.0. The quantitative estimate of drug-likeness (QED) is 0.663. The number of carbonyl (C=O) groups excluding carboxylic acids is 3. The summed E-state index contributed by atoms with van der Waals surface area (Å²) in [7, 11) is 0. The Kier molecular flexibility index (Phi) is 3.82. The van der Waals surface area contributed by atoms with Gasteiger partial charge in [0.15, 0.2) is 0 Å². The van der Waals surface area contributed by atoms with E-state index < -0.39 is 0 Å². The molecule has 130 valence electrons. The highest BCUT2D eigenvalue weighted by Gasteiger charge is 2.52. The normalized spacial score (nSPS) is 25.8. The van der Waals surface area contributed by atoms with Crippen LogP contribution in [-0.2, 0) is 9.59 Å². The number of allylic oxidation sites excluding steroid dienone is 2. The largest absolute Gasteiger partial charge is 0.321 e. The number of amides is 4. The highest BCUT2D eigenvalue weighted by atomic mass is 16.2. The number of benzene rings is 1. The zero-order valence-corrected chi connectivity index (χ0v) is 14.1. The third-order valence-corrected chi connectivity index (χ3v) is 5.33. The van der Waals surface area contributed by atoms with Crippen LogP contribution in [0.4, 0.5) is 10.5 Å². The second-order valence-corrected chi connectivity index (χ2v) is 7.06. The van der Waals surface area contributed by atoms with Gasteiger partial charge in [0.25, 0.3) is 0 Å². The number of hydrogen-bond donors (Lipinski definition) is 1. The third-order valence-electron chi connectivity index (χ3n) is 5.33. The standard InChI is InChI=1S/C19H21N3O3/c1-12-5-4-6-13(9-12)20-19(25)21-10-14(11-21)22-17(23)15-7-2-3-8-16(15)18(22)24/h2-6,9,14-16H,7-8,10-11H2,1H3,(H,20,25)/t15-,16-/m0/s1. The Labute approximate surface area is 146 Å². The van der Waals surface area contributed by atoms with E-state index in [2.05, 4.69) is 5.32 Å². The van der Waals surface area contributed by atoms with E-state index in [0.29, 0.717) is 25.9 Å². The molecule has 0 spiro atoms. The zero-order chi connectivity index (χ0) is 17.6. The van der Waals surface area contributed by atoms with Gasteiger partial charge in [-0.1, -0.05) is 24.3 Å². The molecule has 1 aromatic carbocycles. The number of hydrogen-bond acceptors (Lipinski definition) is 3. The predicted molar refractivity (Wildman–Crippen MR) is 92.8 cm³/mol. The molecule has 2 aliphatic heterocycles. The molecule has 0 unspecified atom stereocenters. The number of imide groups is 1. The number of fused-ring (bicyclic) bond motifs is 1. The highest BCUT2D eigenvalue weighted by Crippen LogP contribution is 2.37. The van der Waals surface area contributed by atoms with Crippen LogP contribution in [-0.4, -0.2) is 46.8 Å². The van der Waals surface area contributed by atoms with Crippen molar-refractivity contribution in [1.82, 2.24) is 9.80 Å². The Bertz CT molecular complexity index is 741. The van der Waals surface area contributed by atoms with Crippen LogP contribution in [0.1, 0.15) is 18.4 Å². The lowest BCUT2D eigenvalue weighted by atomic mass is 9.85. The monoisotopic (exact) mass is 339 g/mol. The lowest BCUT2D eigenvalue weighted by Gasteiger charge is -2.43. The van der Waals surface area contributed by atoms with Gasteiger partial charge in [0.1, 0.15) is 0 Å². The molecular formula is C19H21N3O3. The number of likely N-dealkylation sites (tertiary alicyclic amines) is 2. The van der Waals surface area contributed by atoms with Crippen LogP contribution < -0.4 is 5.32 Å². The van der Waals surface area contributed by atoms with E-state index in [1.165, 1.54) is 4.90 Å². The van der Waals surface area contributed by atoms with Crippen LogP contribution in [0.25, 0.3) is 0 Å². The van der Waals surface area contributed by atoms with Gasteiger partial charge in [0, 0.05) is 18.8 Å². The average Bonchev–Trinajstić information content (AvgIpc) is 2.79. The fourth-order valence-corrected chi connectivity index (χ4v) is 3.90. The van der Waals surface area contributed by atoms with Gasteiger partial charge in [-0.2, -0.15) is 0 Å². The molecule has 1 aromatic rings. The van der Waals surface area contributed by atoms with Gasteiger partial charge in [-0.05, 0) is 37.5 Å². The van der Waals surface area contributed by atoms with Gasteiger partial charge < -0.3 is 10.2 Å². The van der Waals surface area contributed by atoms with Crippen molar-refractivity contribution in [2.75, 3.05) is 18.4 Å². The summed E-state index contributed by atoms with van der Waals surface area (Å²) in [5.74, 6) is -0.536. The Morgan fingerprint density at radius 3 is 2.32 bits per heavy atom. The Morgan fingerprint density at radius 2 is 1.72 bits per heavy atom. The third kappa shape index (κ3) is 2.71. The lowest BCUT2D eigenvalue weighted by Crippen LogP contribution is -2.63. The van der Waals surface area contributed by atoms with E-state index in [0.717, 1.165) is 11.3 Å². The predicted octanol–water partition coefficient (Wildman–Crippen LogP) is 2.16. The van der Waals surface area contributed by atoms with Crippen LogP contribution in [0.15, 0.2) is 36.4 Å². The van der Waals surface area contributed by atoms with E-state index in [9.17, 15) is 14.4 Å². The van der Waals surface area contributed by atoms with Gasteiger partial charge in [-0.25, -0.2) is 4.79 Å². The fraction of sp³-hybridized carbons (Fsp3) is 0.421. The summed E-state index contributed by atoms with van der Waals surface area (Å²) in [6.07, 6.45) is 5.27. The van der Waals surface area contributed by atoms with E-state index in [4.69, 9.17) is 0 Å². The van der Waals surface area contributed by atoms with Crippen LogP contribution in [0.5, 0.6) is 0 Å². The SMILES string of the molecule is Cc1cccc(NC(=O)N2CC(N3C(=O)[C@H]4CC=CC[C@@H]4C3=O)C2)c1. The first kappa shape index (κ1) is 15.9. The van der Waals surface area contributed by atoms with E-state index >= 15 is 0 Å². The highest BCUT2D eigenvalue weighted by molar-refractivity contribution is 6.06. The molecule has 2 heterocycles. The molecule has 2 fully saturated rings. The van der Waals surface area contributed by atoms with Crippen molar-refractivity contribution < 1.29 is 14.4 Å². The second-order valence-electron chi connectivity index (χ2n) is 7.06. The van der Waals surface area contributed by atoms with Crippen LogP contribution >= 0.6 is 0 Å². The molecule has 2 saturated heterocycles. The molecule has 3 aliphatic rings. The molecule has 4 amide bonds. The number of anilines is 1. The van der Waals surface area contributed by atoms with Crippen molar-refractivity contribution in [3.63, 3.8) is 0 Å². The summed E-state index contributed by atoms with van der Waals surface area (Å²) in [6, 6.07) is 7.22. The topological polar surface area (TPSA) is 69.7 Å². The van der Waals surface area contributed by atoms with E-state index in [1.807, 2.05) is 43.3 Å². The molecule has 2 atom stereocenters. The summed E-state index contributed by atoms with van der Waals surface area (Å²) in [4.78, 5) is 40.4. The first-order valence-corrected chi connectivity index (χ1v) is 8.69. The molecule has 1 aliphatic carbocycles. The molecule has 4 rings (SSSR count).